The molecule has 1 aliphatic carbocycles. The van der Waals surface area contributed by atoms with Crippen LogP contribution in [0.4, 0.5) is 11.4 Å². The lowest BCUT2D eigenvalue weighted by molar-refractivity contribution is -0.384. The molecule has 0 unspecified atom stereocenters. The maximum atomic E-state index is 11.2. The molecular weight excluding hydrogens is 272 g/mol. The van der Waals surface area contributed by atoms with Gasteiger partial charge in [0.2, 0.25) is 6.79 Å². The molecule has 0 atom stereocenters. The second kappa shape index (κ2) is 5.79. The van der Waals surface area contributed by atoms with Crippen molar-refractivity contribution in [1.82, 2.24) is 0 Å². The van der Waals surface area contributed by atoms with Crippen LogP contribution in [0.15, 0.2) is 12.1 Å². The van der Waals surface area contributed by atoms with Crippen molar-refractivity contribution in [3.05, 3.63) is 22.2 Å². The van der Waals surface area contributed by atoms with Gasteiger partial charge in [-0.25, -0.2) is 0 Å². The number of nitro benzene ring substituents is 1. The summed E-state index contributed by atoms with van der Waals surface area (Å²) in [5, 5.41) is 14.4. The van der Waals surface area contributed by atoms with Crippen LogP contribution in [-0.2, 0) is 0 Å². The predicted molar refractivity (Wildman–Crippen MR) is 78.8 cm³/mol. The lowest BCUT2D eigenvalue weighted by atomic mass is 9.83. The van der Waals surface area contributed by atoms with Gasteiger partial charge in [-0.2, -0.15) is 0 Å². The normalized spacial score (nSPS) is 23.9. The number of benzene rings is 1. The maximum Gasteiger partial charge on any atom is 0.296 e. The molecule has 114 valence electrons. The first-order valence-electron chi connectivity index (χ1n) is 7.45. The van der Waals surface area contributed by atoms with Gasteiger partial charge in [0, 0.05) is 12.6 Å². The van der Waals surface area contributed by atoms with Crippen LogP contribution in [-0.4, -0.2) is 18.3 Å². The Morgan fingerprint density at radius 1 is 1.24 bits per heavy atom. The maximum absolute atomic E-state index is 11.2. The van der Waals surface area contributed by atoms with Crippen LogP contribution >= 0.6 is 0 Å². The van der Waals surface area contributed by atoms with Crippen molar-refractivity contribution < 1.29 is 14.4 Å². The molecule has 0 aromatic heterocycles. The monoisotopic (exact) mass is 292 g/mol. The van der Waals surface area contributed by atoms with Crippen LogP contribution < -0.4 is 14.8 Å². The summed E-state index contributed by atoms with van der Waals surface area (Å²) in [7, 11) is 0. The highest BCUT2D eigenvalue weighted by Gasteiger charge is 2.24. The molecule has 0 radical (unpaired) electrons. The van der Waals surface area contributed by atoms with E-state index in [4.69, 9.17) is 9.47 Å². The first-order valence-corrected chi connectivity index (χ1v) is 7.45. The number of nitrogens with zero attached hydrogens (tertiary/aromatic N) is 1. The zero-order chi connectivity index (χ0) is 14.8. The highest BCUT2D eigenvalue weighted by atomic mass is 16.7. The number of hydrogen-bond acceptors (Lipinski definition) is 5. The third-order valence-corrected chi connectivity index (χ3v) is 4.40. The standard InChI is InChI=1S/C15H20N2O4/c1-10-2-4-11(5-3-10)8-16-12-6-14-15(21-9-20-14)7-13(12)17(18)19/h6-7,10-11,16H,2-5,8-9H2,1H3. The number of rotatable bonds is 4. The lowest BCUT2D eigenvalue weighted by Crippen LogP contribution is -2.20. The summed E-state index contributed by atoms with van der Waals surface area (Å²) >= 11 is 0. The third kappa shape index (κ3) is 3.04. The van der Waals surface area contributed by atoms with Crippen molar-refractivity contribution in [3.63, 3.8) is 0 Å². The summed E-state index contributed by atoms with van der Waals surface area (Å²) in [4.78, 5) is 10.8. The Morgan fingerprint density at radius 3 is 2.57 bits per heavy atom. The fraction of sp³-hybridized carbons (Fsp3) is 0.600. The van der Waals surface area contributed by atoms with Crippen molar-refractivity contribution in [2.45, 2.75) is 32.6 Å². The van der Waals surface area contributed by atoms with E-state index in [1.54, 1.807) is 6.07 Å². The number of nitro groups is 1. The molecule has 0 amide bonds. The molecule has 0 spiro atoms. The van der Waals surface area contributed by atoms with Crippen molar-refractivity contribution in [2.24, 2.45) is 11.8 Å². The fourth-order valence-electron chi connectivity index (χ4n) is 3.01. The Labute approximate surface area is 123 Å². The zero-order valence-corrected chi connectivity index (χ0v) is 12.1. The summed E-state index contributed by atoms with van der Waals surface area (Å²) in [6.45, 7) is 3.18. The first-order chi connectivity index (χ1) is 10.1. The van der Waals surface area contributed by atoms with E-state index in [-0.39, 0.29) is 17.4 Å². The van der Waals surface area contributed by atoms with Crippen LogP contribution in [0.2, 0.25) is 0 Å². The molecule has 21 heavy (non-hydrogen) atoms. The molecule has 1 saturated carbocycles. The van der Waals surface area contributed by atoms with Crippen LogP contribution in [0.5, 0.6) is 11.5 Å². The van der Waals surface area contributed by atoms with E-state index in [1.165, 1.54) is 31.7 Å². The largest absolute Gasteiger partial charge is 0.454 e. The van der Waals surface area contributed by atoms with E-state index >= 15 is 0 Å². The average Bonchev–Trinajstić information content (AvgIpc) is 2.92. The summed E-state index contributed by atoms with van der Waals surface area (Å²) in [5.74, 6) is 2.41. The summed E-state index contributed by atoms with van der Waals surface area (Å²) in [5.41, 5.74) is 0.561. The molecule has 1 fully saturated rings. The molecule has 6 heteroatoms. The second-order valence-corrected chi connectivity index (χ2v) is 5.99. The van der Waals surface area contributed by atoms with Gasteiger partial charge >= 0.3 is 0 Å². The number of ether oxygens (including phenoxy) is 2. The van der Waals surface area contributed by atoms with E-state index in [0.29, 0.717) is 23.1 Å². The number of anilines is 1. The molecule has 6 nitrogen and oxygen atoms in total. The molecule has 2 aliphatic rings. The molecule has 1 aromatic carbocycles. The smallest absolute Gasteiger partial charge is 0.296 e. The fourth-order valence-corrected chi connectivity index (χ4v) is 3.01. The minimum atomic E-state index is -0.382. The van der Waals surface area contributed by atoms with Crippen molar-refractivity contribution in [3.8, 4) is 11.5 Å². The lowest BCUT2D eigenvalue weighted by Gasteiger charge is -2.26. The molecular formula is C15H20N2O4. The Morgan fingerprint density at radius 2 is 1.90 bits per heavy atom. The number of fused-ring (bicyclic) bond motifs is 1. The van der Waals surface area contributed by atoms with E-state index in [1.807, 2.05) is 0 Å². The minimum Gasteiger partial charge on any atom is -0.454 e. The van der Waals surface area contributed by atoms with Crippen LogP contribution in [0, 0.1) is 22.0 Å². The highest BCUT2D eigenvalue weighted by Crippen LogP contribution is 2.40. The van der Waals surface area contributed by atoms with Gasteiger partial charge in [0.15, 0.2) is 11.5 Å². The molecule has 1 aliphatic heterocycles. The minimum absolute atomic E-state index is 0.0448. The van der Waals surface area contributed by atoms with E-state index in [9.17, 15) is 10.1 Å². The third-order valence-electron chi connectivity index (χ3n) is 4.40. The molecule has 1 N–H and O–H groups in total. The SMILES string of the molecule is CC1CCC(CNc2cc3c(cc2[N+](=O)[O-])OCO3)CC1. The quantitative estimate of drug-likeness (QED) is 0.678. The van der Waals surface area contributed by atoms with E-state index in [2.05, 4.69) is 12.2 Å². The van der Waals surface area contributed by atoms with Crippen molar-refractivity contribution in [2.75, 3.05) is 18.7 Å². The van der Waals surface area contributed by atoms with Crippen molar-refractivity contribution >= 4 is 11.4 Å². The number of hydrogen-bond donors (Lipinski definition) is 1. The average molecular weight is 292 g/mol. The zero-order valence-electron chi connectivity index (χ0n) is 12.1. The van der Waals surface area contributed by atoms with Gasteiger partial charge in [-0.05, 0) is 24.7 Å². The Bertz CT molecular complexity index is 539. The van der Waals surface area contributed by atoms with Crippen molar-refractivity contribution in [1.29, 1.82) is 0 Å². The van der Waals surface area contributed by atoms with Gasteiger partial charge in [-0.3, -0.25) is 10.1 Å². The molecule has 1 aromatic rings. The van der Waals surface area contributed by atoms with Crippen LogP contribution in [0.1, 0.15) is 32.6 Å². The topological polar surface area (TPSA) is 73.6 Å². The molecule has 1 heterocycles. The molecule has 3 rings (SSSR count). The Kier molecular flexibility index (Phi) is 3.86. The van der Waals surface area contributed by atoms with Gasteiger partial charge in [-0.1, -0.05) is 19.8 Å². The highest BCUT2D eigenvalue weighted by molar-refractivity contribution is 5.68. The first kappa shape index (κ1) is 14.0. The predicted octanol–water partition coefficient (Wildman–Crippen LogP) is 3.56. The van der Waals surface area contributed by atoms with Gasteiger partial charge in [0.1, 0.15) is 5.69 Å². The van der Waals surface area contributed by atoms with Gasteiger partial charge < -0.3 is 14.8 Å². The second-order valence-electron chi connectivity index (χ2n) is 5.99. The van der Waals surface area contributed by atoms with E-state index < -0.39 is 0 Å². The summed E-state index contributed by atoms with van der Waals surface area (Å²) in [6.07, 6.45) is 4.87. The van der Waals surface area contributed by atoms with Gasteiger partial charge in [-0.15, -0.1) is 0 Å². The Hall–Kier alpha value is -1.98. The summed E-state index contributed by atoms with van der Waals surface area (Å²) in [6, 6.07) is 3.11. The summed E-state index contributed by atoms with van der Waals surface area (Å²) < 4.78 is 10.5. The number of nitrogens with one attached hydrogen (secondary N) is 1. The van der Waals surface area contributed by atoms with Crippen LogP contribution in [0.3, 0.4) is 0 Å². The van der Waals surface area contributed by atoms with E-state index in [0.717, 1.165) is 12.5 Å². The molecule has 0 bridgehead atoms. The Balaban J connectivity index is 1.71. The van der Waals surface area contributed by atoms with Gasteiger partial charge in [0.25, 0.3) is 5.69 Å². The van der Waals surface area contributed by atoms with Crippen LogP contribution in [0.25, 0.3) is 0 Å². The molecule has 0 saturated heterocycles. The van der Waals surface area contributed by atoms with Gasteiger partial charge in [0.05, 0.1) is 11.0 Å².